The number of rotatable bonds is 6. The fourth-order valence-corrected chi connectivity index (χ4v) is 3.95. The molecule has 0 bridgehead atoms. The number of nitrogens with zero attached hydrogens (tertiary/aromatic N) is 4. The zero-order valence-electron chi connectivity index (χ0n) is 18.0. The van der Waals surface area contributed by atoms with Crippen molar-refractivity contribution in [1.29, 1.82) is 0 Å². The van der Waals surface area contributed by atoms with Gasteiger partial charge in [-0.15, -0.1) is 0 Å². The minimum Gasteiger partial charge on any atom is -0.349 e. The number of fused-ring (bicyclic) bond motifs is 2. The summed E-state index contributed by atoms with van der Waals surface area (Å²) in [6.45, 7) is -0.205. The summed E-state index contributed by atoms with van der Waals surface area (Å²) in [5.41, 5.74) is 1.47. The summed E-state index contributed by atoms with van der Waals surface area (Å²) >= 11 is 0. The molecule has 0 aliphatic carbocycles. The number of pyridine rings is 1. The van der Waals surface area contributed by atoms with Crippen LogP contribution in [-0.4, -0.2) is 43.9 Å². The largest absolute Gasteiger partial charge is 0.349 e. The van der Waals surface area contributed by atoms with E-state index in [0.29, 0.717) is 22.2 Å². The van der Waals surface area contributed by atoms with Crippen molar-refractivity contribution in [2.24, 2.45) is 0 Å². The second-order valence-electron chi connectivity index (χ2n) is 7.79. The van der Waals surface area contributed by atoms with Gasteiger partial charge in [-0.25, -0.2) is 4.68 Å². The predicted octanol–water partition coefficient (Wildman–Crippen LogP) is 1.75. The van der Waals surface area contributed by atoms with Gasteiger partial charge >= 0.3 is 0 Å². The third kappa shape index (κ3) is 3.83. The lowest BCUT2D eigenvalue weighted by Crippen LogP contribution is -2.40. The Bertz CT molecular complexity index is 1460. The Kier molecular flexibility index (Phi) is 5.43. The molecular formula is C25H19N5O4. The molecule has 1 N–H and O–H groups in total. The molecule has 3 heterocycles. The SMILES string of the molecule is O=C(CN1C(=O)c2ccccc2C1=O)NCc1nn(Cc2ccccn2)c(=O)c2ccccc12. The molecule has 9 nitrogen and oxygen atoms in total. The smallest absolute Gasteiger partial charge is 0.275 e. The average Bonchev–Trinajstić information content (AvgIpc) is 3.10. The van der Waals surface area contributed by atoms with Crippen LogP contribution in [0.15, 0.2) is 77.7 Å². The van der Waals surface area contributed by atoms with Gasteiger partial charge in [0.25, 0.3) is 17.4 Å². The van der Waals surface area contributed by atoms with Crippen molar-refractivity contribution in [1.82, 2.24) is 25.0 Å². The van der Waals surface area contributed by atoms with E-state index >= 15 is 0 Å². The lowest BCUT2D eigenvalue weighted by atomic mass is 10.1. The molecule has 0 atom stereocenters. The minimum atomic E-state index is -0.511. The molecule has 3 amide bonds. The van der Waals surface area contributed by atoms with E-state index < -0.39 is 24.3 Å². The third-order valence-corrected chi connectivity index (χ3v) is 5.62. The highest BCUT2D eigenvalue weighted by Gasteiger charge is 2.36. The molecule has 9 heteroatoms. The van der Waals surface area contributed by atoms with Gasteiger partial charge in [-0.05, 0) is 30.3 Å². The number of nitrogens with one attached hydrogen (secondary N) is 1. The molecule has 5 rings (SSSR count). The molecule has 1 aliphatic heterocycles. The minimum absolute atomic E-state index is 0.0189. The van der Waals surface area contributed by atoms with Crippen LogP contribution in [0.2, 0.25) is 0 Å². The molecular weight excluding hydrogens is 434 g/mol. The van der Waals surface area contributed by atoms with E-state index in [1.807, 2.05) is 6.07 Å². The number of imide groups is 1. The molecule has 168 valence electrons. The van der Waals surface area contributed by atoms with Gasteiger partial charge in [0, 0.05) is 11.6 Å². The maximum Gasteiger partial charge on any atom is 0.275 e. The summed E-state index contributed by atoms with van der Waals surface area (Å²) in [6.07, 6.45) is 1.64. The Labute approximate surface area is 193 Å². The van der Waals surface area contributed by atoms with Crippen molar-refractivity contribution in [2.75, 3.05) is 6.54 Å². The molecule has 4 aromatic rings. The molecule has 34 heavy (non-hydrogen) atoms. The summed E-state index contributed by atoms with van der Waals surface area (Å²) < 4.78 is 1.32. The maximum absolute atomic E-state index is 12.9. The van der Waals surface area contributed by atoms with Crippen LogP contribution in [-0.2, 0) is 17.9 Å². The van der Waals surface area contributed by atoms with Crippen molar-refractivity contribution < 1.29 is 14.4 Å². The quantitative estimate of drug-likeness (QED) is 0.445. The lowest BCUT2D eigenvalue weighted by Gasteiger charge is -2.15. The summed E-state index contributed by atoms with van der Waals surface area (Å²) in [7, 11) is 0. The highest BCUT2D eigenvalue weighted by Crippen LogP contribution is 2.22. The van der Waals surface area contributed by atoms with E-state index in [4.69, 9.17) is 0 Å². The van der Waals surface area contributed by atoms with Crippen molar-refractivity contribution in [3.8, 4) is 0 Å². The van der Waals surface area contributed by atoms with Crippen LogP contribution in [0.5, 0.6) is 0 Å². The van der Waals surface area contributed by atoms with Gasteiger partial charge in [0.15, 0.2) is 0 Å². The van der Waals surface area contributed by atoms with Gasteiger partial charge in [-0.2, -0.15) is 5.10 Å². The van der Waals surface area contributed by atoms with Crippen LogP contribution >= 0.6 is 0 Å². The Hall–Kier alpha value is -4.66. The molecule has 0 saturated heterocycles. The number of hydrogen-bond acceptors (Lipinski definition) is 6. The molecule has 1 aliphatic rings. The zero-order valence-corrected chi connectivity index (χ0v) is 18.0. The van der Waals surface area contributed by atoms with Crippen molar-refractivity contribution in [3.05, 3.63) is 106 Å². The van der Waals surface area contributed by atoms with E-state index in [0.717, 1.165) is 4.90 Å². The Morgan fingerprint density at radius 1 is 0.824 bits per heavy atom. The van der Waals surface area contributed by atoms with Gasteiger partial charge in [0.1, 0.15) is 6.54 Å². The van der Waals surface area contributed by atoms with Gasteiger partial charge in [-0.1, -0.05) is 36.4 Å². The van der Waals surface area contributed by atoms with Crippen molar-refractivity contribution >= 4 is 28.5 Å². The molecule has 2 aromatic carbocycles. The number of carbonyl (C=O) groups is 3. The van der Waals surface area contributed by atoms with E-state index in [9.17, 15) is 19.2 Å². The molecule has 0 unspecified atom stereocenters. The molecule has 0 saturated carbocycles. The van der Waals surface area contributed by atoms with Crippen LogP contribution < -0.4 is 10.9 Å². The molecule has 0 spiro atoms. The predicted molar refractivity (Wildman–Crippen MR) is 123 cm³/mol. The van der Waals surface area contributed by atoms with Crippen molar-refractivity contribution in [3.63, 3.8) is 0 Å². The third-order valence-electron chi connectivity index (χ3n) is 5.62. The number of carbonyl (C=O) groups excluding carboxylic acids is 3. The standard InChI is InChI=1S/C25H19N5O4/c31-22(15-29-23(32)19-10-3-4-11-20(19)24(29)33)27-13-21-17-8-1-2-9-18(17)25(34)30(28-21)14-16-7-5-6-12-26-16/h1-12H,13-15H2,(H,27,31). The fraction of sp³-hybridized carbons (Fsp3) is 0.120. The monoisotopic (exact) mass is 453 g/mol. The zero-order chi connectivity index (χ0) is 23.7. The first-order valence-electron chi connectivity index (χ1n) is 10.6. The highest BCUT2D eigenvalue weighted by atomic mass is 16.2. The first-order valence-corrected chi connectivity index (χ1v) is 10.6. The van der Waals surface area contributed by atoms with Crippen molar-refractivity contribution in [2.45, 2.75) is 13.1 Å². The summed E-state index contributed by atoms with van der Waals surface area (Å²) in [6, 6.07) is 18.9. The van der Waals surface area contributed by atoms with Crippen LogP contribution in [0.3, 0.4) is 0 Å². The normalized spacial score (nSPS) is 12.8. The van der Waals surface area contributed by atoms with E-state index in [1.165, 1.54) is 4.68 Å². The first kappa shape index (κ1) is 21.2. The Balaban J connectivity index is 1.36. The number of benzene rings is 2. The van der Waals surface area contributed by atoms with E-state index in [1.54, 1.807) is 66.9 Å². The molecule has 0 radical (unpaired) electrons. The second-order valence-corrected chi connectivity index (χ2v) is 7.79. The van der Waals surface area contributed by atoms with Crippen LogP contribution in [0.25, 0.3) is 10.8 Å². The second kappa shape index (κ2) is 8.70. The van der Waals surface area contributed by atoms with Gasteiger partial charge in [0.2, 0.25) is 5.91 Å². The summed E-state index contributed by atoms with van der Waals surface area (Å²) in [4.78, 5) is 55.8. The number of aromatic nitrogens is 3. The fourth-order valence-electron chi connectivity index (χ4n) is 3.95. The van der Waals surface area contributed by atoms with E-state index in [-0.39, 0.29) is 29.8 Å². The number of hydrogen-bond donors (Lipinski definition) is 1. The maximum atomic E-state index is 12.9. The van der Waals surface area contributed by atoms with Crippen LogP contribution in [0, 0.1) is 0 Å². The topological polar surface area (TPSA) is 114 Å². The summed E-state index contributed by atoms with van der Waals surface area (Å²) in [5.74, 6) is -1.51. The molecule has 2 aromatic heterocycles. The Morgan fingerprint density at radius 2 is 1.47 bits per heavy atom. The first-order chi connectivity index (χ1) is 16.5. The highest BCUT2D eigenvalue weighted by molar-refractivity contribution is 6.22. The lowest BCUT2D eigenvalue weighted by molar-refractivity contribution is -0.121. The Morgan fingerprint density at radius 3 is 2.15 bits per heavy atom. The van der Waals surface area contributed by atoms with Gasteiger partial charge in [-0.3, -0.25) is 29.1 Å². The summed E-state index contributed by atoms with van der Waals surface area (Å²) in [5, 5.41) is 8.27. The van der Waals surface area contributed by atoms with Crippen LogP contribution in [0.1, 0.15) is 32.1 Å². The molecule has 0 fully saturated rings. The average molecular weight is 453 g/mol. The van der Waals surface area contributed by atoms with Crippen LogP contribution in [0.4, 0.5) is 0 Å². The van der Waals surface area contributed by atoms with E-state index in [2.05, 4.69) is 15.4 Å². The van der Waals surface area contributed by atoms with Gasteiger partial charge < -0.3 is 5.32 Å². The number of amides is 3. The van der Waals surface area contributed by atoms with Gasteiger partial charge in [0.05, 0.1) is 41.0 Å².